The first kappa shape index (κ1) is 11.9. The SMILES string of the molecule is C[C@H](COC(C)(C)C)OCCN. The maximum atomic E-state index is 5.52. The van der Waals surface area contributed by atoms with Crippen LogP contribution in [0.15, 0.2) is 0 Å². The molecule has 74 valence electrons. The fourth-order valence-electron chi connectivity index (χ4n) is 0.685. The van der Waals surface area contributed by atoms with Crippen LogP contribution in [0.1, 0.15) is 27.7 Å². The molecule has 0 saturated carbocycles. The predicted molar refractivity (Wildman–Crippen MR) is 50.2 cm³/mol. The van der Waals surface area contributed by atoms with Crippen molar-refractivity contribution in [1.29, 1.82) is 0 Å². The maximum absolute atomic E-state index is 5.52. The fourth-order valence-corrected chi connectivity index (χ4v) is 0.685. The molecule has 3 nitrogen and oxygen atoms in total. The summed E-state index contributed by atoms with van der Waals surface area (Å²) in [6, 6.07) is 0. The fraction of sp³-hybridized carbons (Fsp3) is 1.00. The molecule has 3 heteroatoms. The Morgan fingerprint density at radius 2 is 1.92 bits per heavy atom. The summed E-state index contributed by atoms with van der Waals surface area (Å²) in [5.74, 6) is 0. The Kier molecular flexibility index (Phi) is 5.46. The molecule has 0 saturated heterocycles. The molecule has 0 aromatic carbocycles. The van der Waals surface area contributed by atoms with Gasteiger partial charge < -0.3 is 15.2 Å². The van der Waals surface area contributed by atoms with E-state index in [4.69, 9.17) is 15.2 Å². The normalized spacial score (nSPS) is 14.8. The molecule has 0 aromatic heterocycles. The number of hydrogen-bond acceptors (Lipinski definition) is 3. The van der Waals surface area contributed by atoms with Gasteiger partial charge in [0.1, 0.15) is 0 Å². The highest BCUT2D eigenvalue weighted by Gasteiger charge is 2.12. The van der Waals surface area contributed by atoms with Crippen LogP contribution in [0.2, 0.25) is 0 Å². The predicted octanol–water partition coefficient (Wildman–Crippen LogP) is 1.17. The molecule has 2 N–H and O–H groups in total. The van der Waals surface area contributed by atoms with Crippen molar-refractivity contribution in [1.82, 2.24) is 0 Å². The summed E-state index contributed by atoms with van der Waals surface area (Å²) in [4.78, 5) is 0. The number of ether oxygens (including phenoxy) is 2. The van der Waals surface area contributed by atoms with Crippen LogP contribution in [-0.4, -0.2) is 31.5 Å². The van der Waals surface area contributed by atoms with Crippen LogP contribution in [0.3, 0.4) is 0 Å². The van der Waals surface area contributed by atoms with Crippen molar-refractivity contribution < 1.29 is 9.47 Å². The molecule has 0 spiro atoms. The quantitative estimate of drug-likeness (QED) is 0.682. The highest BCUT2D eigenvalue weighted by atomic mass is 16.5. The molecule has 0 radical (unpaired) electrons. The summed E-state index contributed by atoms with van der Waals surface area (Å²) in [5, 5.41) is 0. The second-order valence-electron chi connectivity index (χ2n) is 3.89. The third kappa shape index (κ3) is 7.98. The molecule has 0 aliphatic carbocycles. The van der Waals surface area contributed by atoms with E-state index in [1.165, 1.54) is 0 Å². The minimum Gasteiger partial charge on any atom is -0.375 e. The molecule has 0 unspecified atom stereocenters. The molecule has 12 heavy (non-hydrogen) atoms. The molecule has 0 aliphatic rings. The lowest BCUT2D eigenvalue weighted by molar-refractivity contribution is -0.0649. The Balaban J connectivity index is 3.37. The minimum atomic E-state index is -0.0830. The zero-order valence-corrected chi connectivity index (χ0v) is 8.59. The van der Waals surface area contributed by atoms with Crippen LogP contribution in [0.25, 0.3) is 0 Å². The third-order valence-electron chi connectivity index (χ3n) is 1.27. The highest BCUT2D eigenvalue weighted by Crippen LogP contribution is 2.07. The van der Waals surface area contributed by atoms with Crippen LogP contribution in [-0.2, 0) is 9.47 Å². The van der Waals surface area contributed by atoms with E-state index < -0.39 is 0 Å². The van der Waals surface area contributed by atoms with E-state index in [0.29, 0.717) is 19.8 Å². The van der Waals surface area contributed by atoms with Crippen molar-refractivity contribution in [2.45, 2.75) is 39.4 Å². The smallest absolute Gasteiger partial charge is 0.0781 e. The zero-order valence-electron chi connectivity index (χ0n) is 8.59. The lowest BCUT2D eigenvalue weighted by atomic mass is 10.2. The molecule has 0 aliphatic heterocycles. The van der Waals surface area contributed by atoms with E-state index in [1.54, 1.807) is 0 Å². The lowest BCUT2D eigenvalue weighted by Crippen LogP contribution is -2.27. The maximum Gasteiger partial charge on any atom is 0.0781 e. The van der Waals surface area contributed by atoms with E-state index >= 15 is 0 Å². The van der Waals surface area contributed by atoms with Crippen molar-refractivity contribution in [3.8, 4) is 0 Å². The first-order valence-electron chi connectivity index (χ1n) is 4.41. The van der Waals surface area contributed by atoms with E-state index in [0.717, 1.165) is 0 Å². The van der Waals surface area contributed by atoms with Gasteiger partial charge in [0.05, 0.1) is 24.9 Å². The Hall–Kier alpha value is -0.120. The monoisotopic (exact) mass is 175 g/mol. The Morgan fingerprint density at radius 3 is 2.33 bits per heavy atom. The van der Waals surface area contributed by atoms with Gasteiger partial charge in [0.25, 0.3) is 0 Å². The van der Waals surface area contributed by atoms with Gasteiger partial charge in [-0.2, -0.15) is 0 Å². The van der Waals surface area contributed by atoms with Crippen molar-refractivity contribution >= 4 is 0 Å². The molecular weight excluding hydrogens is 154 g/mol. The molecule has 1 atom stereocenters. The van der Waals surface area contributed by atoms with Crippen molar-refractivity contribution in [2.75, 3.05) is 19.8 Å². The van der Waals surface area contributed by atoms with Gasteiger partial charge in [-0.1, -0.05) is 0 Å². The van der Waals surface area contributed by atoms with Gasteiger partial charge in [-0.15, -0.1) is 0 Å². The van der Waals surface area contributed by atoms with Crippen molar-refractivity contribution in [2.24, 2.45) is 5.73 Å². The Morgan fingerprint density at radius 1 is 1.33 bits per heavy atom. The average Bonchev–Trinajstić information content (AvgIpc) is 1.95. The summed E-state index contributed by atoms with van der Waals surface area (Å²) in [6.45, 7) is 9.88. The minimum absolute atomic E-state index is 0.0830. The lowest BCUT2D eigenvalue weighted by Gasteiger charge is -2.22. The zero-order chi connectivity index (χ0) is 9.61. The van der Waals surface area contributed by atoms with Crippen molar-refractivity contribution in [3.63, 3.8) is 0 Å². The van der Waals surface area contributed by atoms with E-state index in [9.17, 15) is 0 Å². The van der Waals surface area contributed by atoms with Gasteiger partial charge in [-0.3, -0.25) is 0 Å². The van der Waals surface area contributed by atoms with Gasteiger partial charge in [0.2, 0.25) is 0 Å². The van der Waals surface area contributed by atoms with Gasteiger partial charge in [0.15, 0.2) is 0 Å². The largest absolute Gasteiger partial charge is 0.375 e. The standard InChI is InChI=1S/C9H21NO2/c1-8(11-6-5-10)7-12-9(2,3)4/h8H,5-7,10H2,1-4H3/t8-/m1/s1. The van der Waals surface area contributed by atoms with Crippen molar-refractivity contribution in [3.05, 3.63) is 0 Å². The molecule has 0 heterocycles. The summed E-state index contributed by atoms with van der Waals surface area (Å²) in [7, 11) is 0. The molecule has 0 amide bonds. The van der Waals surface area contributed by atoms with Gasteiger partial charge in [-0.25, -0.2) is 0 Å². The summed E-state index contributed by atoms with van der Waals surface area (Å²) < 4.78 is 10.9. The van der Waals surface area contributed by atoms with Crippen LogP contribution in [0, 0.1) is 0 Å². The molecule has 0 rings (SSSR count). The molecular formula is C9H21NO2. The highest BCUT2D eigenvalue weighted by molar-refractivity contribution is 4.60. The molecule has 0 aromatic rings. The summed E-state index contributed by atoms with van der Waals surface area (Å²) in [6.07, 6.45) is 0.132. The van der Waals surface area contributed by atoms with Gasteiger partial charge in [0, 0.05) is 6.54 Å². The van der Waals surface area contributed by atoms with Crippen LogP contribution < -0.4 is 5.73 Å². The topological polar surface area (TPSA) is 44.5 Å². The van der Waals surface area contributed by atoms with Gasteiger partial charge in [-0.05, 0) is 27.7 Å². The average molecular weight is 175 g/mol. The van der Waals surface area contributed by atoms with Crippen LogP contribution in [0.4, 0.5) is 0 Å². The first-order valence-corrected chi connectivity index (χ1v) is 4.41. The Bertz CT molecular complexity index is 110. The van der Waals surface area contributed by atoms with Gasteiger partial charge >= 0.3 is 0 Å². The third-order valence-corrected chi connectivity index (χ3v) is 1.27. The van der Waals surface area contributed by atoms with E-state index in [2.05, 4.69) is 0 Å². The first-order chi connectivity index (χ1) is 5.45. The number of rotatable bonds is 5. The summed E-state index contributed by atoms with van der Waals surface area (Å²) >= 11 is 0. The Labute approximate surface area is 75.2 Å². The number of hydrogen-bond donors (Lipinski definition) is 1. The van der Waals surface area contributed by atoms with Crippen LogP contribution >= 0.6 is 0 Å². The van der Waals surface area contributed by atoms with E-state index in [-0.39, 0.29) is 11.7 Å². The summed E-state index contributed by atoms with van der Waals surface area (Å²) in [5.41, 5.74) is 5.21. The second-order valence-corrected chi connectivity index (χ2v) is 3.89. The number of nitrogens with two attached hydrogens (primary N) is 1. The molecule has 0 bridgehead atoms. The second kappa shape index (κ2) is 5.51. The van der Waals surface area contributed by atoms with E-state index in [1.807, 2.05) is 27.7 Å². The van der Waals surface area contributed by atoms with Crippen LogP contribution in [0.5, 0.6) is 0 Å². The molecule has 0 fully saturated rings.